The molecule has 0 unspecified atom stereocenters. The van der Waals surface area contributed by atoms with Crippen LogP contribution in [-0.4, -0.2) is 48.5 Å². The van der Waals surface area contributed by atoms with Crippen molar-refractivity contribution in [3.63, 3.8) is 0 Å². The van der Waals surface area contributed by atoms with E-state index < -0.39 is 0 Å². The van der Waals surface area contributed by atoms with Gasteiger partial charge >= 0.3 is 0 Å². The lowest BCUT2D eigenvalue weighted by atomic mass is 10.1. The molecule has 2 rings (SSSR count). The predicted molar refractivity (Wildman–Crippen MR) is 67.3 cm³/mol. The average molecular weight is 251 g/mol. The molecule has 1 aromatic heterocycles. The minimum absolute atomic E-state index is 0.233. The number of carbonyl (C=O) groups excluding carboxylic acids is 1. The minimum Gasteiger partial charge on any atom is -0.307 e. The number of carbonyl (C=O) groups is 1. The van der Waals surface area contributed by atoms with Gasteiger partial charge in [-0.15, -0.1) is 0 Å². The van der Waals surface area contributed by atoms with Gasteiger partial charge in [-0.3, -0.25) is 14.2 Å². The van der Waals surface area contributed by atoms with Crippen molar-refractivity contribution in [2.45, 2.75) is 19.0 Å². The fourth-order valence-electron chi connectivity index (χ4n) is 2.04. The van der Waals surface area contributed by atoms with E-state index in [1.165, 1.54) is 0 Å². The maximum absolute atomic E-state index is 12.0. The molecule has 0 bridgehead atoms. The third kappa shape index (κ3) is 3.58. The summed E-state index contributed by atoms with van der Waals surface area (Å²) in [7, 11) is 0. The van der Waals surface area contributed by atoms with Gasteiger partial charge in [-0.1, -0.05) is 6.07 Å². The van der Waals surface area contributed by atoms with Crippen molar-refractivity contribution < 1.29 is 9.18 Å². The van der Waals surface area contributed by atoms with Crippen molar-refractivity contribution >= 4 is 6.29 Å². The second-order valence-electron chi connectivity index (χ2n) is 4.59. The number of nitrogens with one attached hydrogen (secondary N) is 1. The van der Waals surface area contributed by atoms with Crippen molar-refractivity contribution in [1.82, 2.24) is 15.2 Å². The van der Waals surface area contributed by atoms with Gasteiger partial charge in [-0.25, -0.2) is 0 Å². The van der Waals surface area contributed by atoms with Crippen LogP contribution in [0.2, 0.25) is 0 Å². The van der Waals surface area contributed by atoms with Gasteiger partial charge in [0.25, 0.3) is 0 Å². The van der Waals surface area contributed by atoms with E-state index in [0.717, 1.165) is 38.0 Å². The average Bonchev–Trinajstić information content (AvgIpc) is 2.37. The van der Waals surface area contributed by atoms with Crippen LogP contribution in [0.25, 0.3) is 0 Å². The van der Waals surface area contributed by atoms with Gasteiger partial charge in [0, 0.05) is 38.4 Å². The Morgan fingerprint density at radius 2 is 2.33 bits per heavy atom. The molecule has 2 heterocycles. The number of halogens is 1. The fraction of sp³-hybridized carbons (Fsp3) is 0.538. The maximum atomic E-state index is 12.0. The maximum Gasteiger partial charge on any atom is 0.168 e. The Kier molecular flexibility index (Phi) is 4.78. The van der Waals surface area contributed by atoms with E-state index >= 15 is 0 Å². The Bertz CT molecular complexity index is 376. The van der Waals surface area contributed by atoms with Crippen molar-refractivity contribution in [2.75, 3.05) is 26.3 Å². The highest BCUT2D eigenvalue weighted by molar-refractivity contribution is 5.71. The topological polar surface area (TPSA) is 45.2 Å². The molecule has 1 aliphatic rings. The van der Waals surface area contributed by atoms with E-state index in [1.807, 2.05) is 6.07 Å². The van der Waals surface area contributed by atoms with Gasteiger partial charge in [-0.2, -0.15) is 0 Å². The Morgan fingerprint density at radius 1 is 1.50 bits per heavy atom. The molecular formula is C13H18FN3O. The molecule has 0 saturated carbocycles. The molecule has 0 atom stereocenters. The number of hydrogen-bond donors (Lipinski definition) is 1. The van der Waals surface area contributed by atoms with Crippen LogP contribution in [-0.2, 0) is 6.54 Å². The zero-order valence-corrected chi connectivity index (χ0v) is 10.3. The summed E-state index contributed by atoms with van der Waals surface area (Å²) in [5, 5.41) is 3.42. The largest absolute Gasteiger partial charge is 0.307 e. The van der Waals surface area contributed by atoms with E-state index in [4.69, 9.17) is 0 Å². The van der Waals surface area contributed by atoms with Crippen LogP contribution in [0.4, 0.5) is 4.39 Å². The Labute approximate surface area is 106 Å². The number of rotatable bonds is 7. The number of hydrogen-bond acceptors (Lipinski definition) is 4. The quantitative estimate of drug-likeness (QED) is 0.735. The summed E-state index contributed by atoms with van der Waals surface area (Å²) >= 11 is 0. The van der Waals surface area contributed by atoms with E-state index in [0.29, 0.717) is 18.2 Å². The molecule has 1 N–H and O–H groups in total. The molecule has 1 saturated heterocycles. The summed E-state index contributed by atoms with van der Waals surface area (Å²) < 4.78 is 12.0. The number of alkyl halides is 1. The molecule has 0 aromatic carbocycles. The lowest BCUT2D eigenvalue weighted by molar-refractivity contribution is 0.111. The number of nitrogens with zero attached hydrogens (tertiary/aromatic N) is 2. The van der Waals surface area contributed by atoms with Crippen LogP contribution in [0, 0.1) is 0 Å². The molecule has 1 fully saturated rings. The van der Waals surface area contributed by atoms with E-state index in [-0.39, 0.29) is 6.67 Å². The van der Waals surface area contributed by atoms with Crippen LogP contribution < -0.4 is 5.32 Å². The second kappa shape index (κ2) is 6.56. The lowest BCUT2D eigenvalue weighted by Gasteiger charge is -2.39. The first-order valence-electron chi connectivity index (χ1n) is 6.23. The molecule has 0 amide bonds. The van der Waals surface area contributed by atoms with Crippen molar-refractivity contribution in [2.24, 2.45) is 0 Å². The SMILES string of the molecule is O=Cc1ccc(CNC2CN(CCCF)C2)cn1. The van der Waals surface area contributed by atoms with Gasteiger partial charge in [0.05, 0.1) is 6.67 Å². The molecule has 4 nitrogen and oxygen atoms in total. The van der Waals surface area contributed by atoms with Crippen LogP contribution in [0.3, 0.4) is 0 Å². The van der Waals surface area contributed by atoms with Crippen molar-refractivity contribution in [3.8, 4) is 0 Å². The van der Waals surface area contributed by atoms with Gasteiger partial charge in [0.1, 0.15) is 5.69 Å². The number of pyridine rings is 1. The number of aldehydes is 1. The molecule has 0 aliphatic carbocycles. The highest BCUT2D eigenvalue weighted by Crippen LogP contribution is 2.09. The van der Waals surface area contributed by atoms with Crippen molar-refractivity contribution in [1.29, 1.82) is 0 Å². The Balaban J connectivity index is 1.65. The lowest BCUT2D eigenvalue weighted by Crippen LogP contribution is -2.57. The molecule has 0 spiro atoms. The fourth-order valence-corrected chi connectivity index (χ4v) is 2.04. The van der Waals surface area contributed by atoms with Crippen LogP contribution in [0.1, 0.15) is 22.5 Å². The summed E-state index contributed by atoms with van der Waals surface area (Å²) in [6.45, 7) is 3.35. The molecular weight excluding hydrogens is 233 g/mol. The highest BCUT2D eigenvalue weighted by atomic mass is 19.1. The first-order valence-corrected chi connectivity index (χ1v) is 6.23. The Morgan fingerprint density at radius 3 is 2.94 bits per heavy atom. The summed E-state index contributed by atoms with van der Waals surface area (Å²) in [5.74, 6) is 0. The second-order valence-corrected chi connectivity index (χ2v) is 4.59. The summed E-state index contributed by atoms with van der Waals surface area (Å²) in [6.07, 6.45) is 3.09. The summed E-state index contributed by atoms with van der Waals surface area (Å²) in [6, 6.07) is 4.11. The van der Waals surface area contributed by atoms with Crippen LogP contribution in [0.15, 0.2) is 18.3 Å². The molecule has 98 valence electrons. The van der Waals surface area contributed by atoms with Gasteiger partial charge in [0.15, 0.2) is 6.29 Å². The first-order chi connectivity index (χ1) is 8.81. The smallest absolute Gasteiger partial charge is 0.168 e. The highest BCUT2D eigenvalue weighted by Gasteiger charge is 2.25. The number of aromatic nitrogens is 1. The van der Waals surface area contributed by atoms with E-state index in [2.05, 4.69) is 15.2 Å². The van der Waals surface area contributed by atoms with Gasteiger partial charge in [0.2, 0.25) is 0 Å². The normalized spacial score (nSPS) is 16.5. The van der Waals surface area contributed by atoms with Crippen LogP contribution >= 0.6 is 0 Å². The van der Waals surface area contributed by atoms with Gasteiger partial charge in [-0.05, 0) is 18.1 Å². The van der Waals surface area contributed by atoms with E-state index in [1.54, 1.807) is 12.3 Å². The minimum atomic E-state index is -0.233. The standard InChI is InChI=1S/C13H18FN3O/c14-4-1-5-17-8-13(9-17)16-7-11-2-3-12(10-18)15-6-11/h2-3,6,10,13,16H,1,4-5,7-9H2. The third-order valence-electron chi connectivity index (χ3n) is 3.13. The summed E-state index contributed by atoms with van der Waals surface area (Å²) in [4.78, 5) is 16.7. The third-order valence-corrected chi connectivity index (χ3v) is 3.13. The van der Waals surface area contributed by atoms with E-state index in [9.17, 15) is 9.18 Å². The number of likely N-dealkylation sites (tertiary alicyclic amines) is 1. The molecule has 0 radical (unpaired) electrons. The van der Waals surface area contributed by atoms with Crippen molar-refractivity contribution in [3.05, 3.63) is 29.6 Å². The van der Waals surface area contributed by atoms with Crippen LogP contribution in [0.5, 0.6) is 0 Å². The Hall–Kier alpha value is -1.33. The van der Waals surface area contributed by atoms with Gasteiger partial charge < -0.3 is 10.2 Å². The summed E-state index contributed by atoms with van der Waals surface area (Å²) in [5.41, 5.74) is 1.53. The zero-order valence-electron chi connectivity index (χ0n) is 10.3. The molecule has 5 heteroatoms. The molecule has 1 aromatic rings. The molecule has 1 aliphatic heterocycles. The zero-order chi connectivity index (χ0) is 12.8. The predicted octanol–water partition coefficient (Wildman–Crippen LogP) is 1.03. The molecule has 18 heavy (non-hydrogen) atoms. The first kappa shape index (κ1) is 13.1. The monoisotopic (exact) mass is 251 g/mol.